The summed E-state index contributed by atoms with van der Waals surface area (Å²) in [5, 5.41) is 3.65. The molecule has 1 unspecified atom stereocenters. The molecule has 0 aliphatic heterocycles. The smallest absolute Gasteiger partial charge is 0.281 e. The van der Waals surface area contributed by atoms with Crippen LogP contribution in [0, 0.1) is 5.82 Å². The molecule has 150 valence electrons. The first-order chi connectivity index (χ1) is 14.5. The third-order valence-corrected chi connectivity index (χ3v) is 5.21. The summed E-state index contributed by atoms with van der Waals surface area (Å²) in [6, 6.07) is 7.04. The van der Waals surface area contributed by atoms with Crippen molar-refractivity contribution >= 4 is 34.1 Å². The number of aromatic nitrogens is 6. The van der Waals surface area contributed by atoms with E-state index in [0.717, 1.165) is 0 Å². The zero-order valence-electron chi connectivity index (χ0n) is 15.7. The van der Waals surface area contributed by atoms with E-state index in [1.54, 1.807) is 28.8 Å². The molecule has 0 spiro atoms. The normalized spacial score (nSPS) is 12.5. The van der Waals surface area contributed by atoms with E-state index in [-0.39, 0.29) is 17.4 Å². The van der Waals surface area contributed by atoms with Crippen LogP contribution in [-0.2, 0) is 0 Å². The van der Waals surface area contributed by atoms with E-state index in [2.05, 4.69) is 25.3 Å². The molecular weight excluding hydrogens is 409 g/mol. The van der Waals surface area contributed by atoms with Crippen molar-refractivity contribution in [3.63, 3.8) is 0 Å². The van der Waals surface area contributed by atoms with Gasteiger partial charge >= 0.3 is 0 Å². The van der Waals surface area contributed by atoms with E-state index >= 15 is 0 Å². The molecule has 0 aliphatic rings. The van der Waals surface area contributed by atoms with E-state index in [1.165, 1.54) is 29.4 Å². The predicted octanol–water partition coefficient (Wildman–Crippen LogP) is 3.72. The Morgan fingerprint density at radius 3 is 2.77 bits per heavy atom. The number of halogens is 2. The first kappa shape index (κ1) is 18.3. The van der Waals surface area contributed by atoms with Crippen LogP contribution in [0.25, 0.3) is 22.4 Å². The summed E-state index contributed by atoms with van der Waals surface area (Å²) in [7, 11) is 0. The summed E-state index contributed by atoms with van der Waals surface area (Å²) in [5.41, 5.74) is 2.39. The number of nitrogens with zero attached hydrogens (tertiary/aromatic N) is 5. The summed E-state index contributed by atoms with van der Waals surface area (Å²) in [4.78, 5) is 28.9. The molecule has 4 aromatic heterocycles. The molecule has 4 heterocycles. The van der Waals surface area contributed by atoms with Crippen molar-refractivity contribution in [2.24, 2.45) is 0 Å². The molecule has 0 amide bonds. The third kappa shape index (κ3) is 2.91. The largest absolute Gasteiger partial charge is 0.360 e. The Labute approximate surface area is 174 Å². The Hall–Kier alpha value is -3.72. The van der Waals surface area contributed by atoms with Crippen LogP contribution in [0.15, 0.2) is 60.2 Å². The lowest BCUT2D eigenvalue weighted by molar-refractivity contribution is 0.627. The SMILES string of the molecule is CC(Nc1ncnc2nc[nH]c12)c1cn2ccc(Cl)c2c(=O)n1-c1ccc(F)cc1. The van der Waals surface area contributed by atoms with Gasteiger partial charge in [0, 0.05) is 18.1 Å². The summed E-state index contributed by atoms with van der Waals surface area (Å²) in [5.74, 6) is 0.165. The Balaban J connectivity index is 1.69. The maximum Gasteiger partial charge on any atom is 0.281 e. The summed E-state index contributed by atoms with van der Waals surface area (Å²) < 4.78 is 16.7. The molecule has 1 aromatic carbocycles. The van der Waals surface area contributed by atoms with Gasteiger partial charge in [-0.05, 0) is 37.3 Å². The molecule has 0 fully saturated rings. The van der Waals surface area contributed by atoms with Crippen LogP contribution in [0.2, 0.25) is 5.02 Å². The molecule has 1 atom stereocenters. The lowest BCUT2D eigenvalue weighted by Crippen LogP contribution is -2.27. The van der Waals surface area contributed by atoms with E-state index < -0.39 is 0 Å². The number of aromatic amines is 1. The molecule has 0 radical (unpaired) electrons. The fraction of sp³-hybridized carbons (Fsp3) is 0.100. The van der Waals surface area contributed by atoms with Gasteiger partial charge in [0.1, 0.15) is 23.2 Å². The Morgan fingerprint density at radius 2 is 1.97 bits per heavy atom. The molecule has 0 aliphatic carbocycles. The van der Waals surface area contributed by atoms with E-state index in [1.807, 2.05) is 13.1 Å². The highest BCUT2D eigenvalue weighted by molar-refractivity contribution is 6.33. The van der Waals surface area contributed by atoms with Gasteiger partial charge in [-0.2, -0.15) is 0 Å². The third-order valence-electron chi connectivity index (χ3n) is 4.91. The minimum atomic E-state index is -0.385. The number of imidazole rings is 1. The first-order valence-corrected chi connectivity index (χ1v) is 9.49. The molecule has 0 bridgehead atoms. The maximum absolute atomic E-state index is 13.5. The van der Waals surface area contributed by atoms with Gasteiger partial charge in [0.25, 0.3) is 5.56 Å². The quantitative estimate of drug-likeness (QED) is 0.459. The second-order valence-corrected chi connectivity index (χ2v) is 7.19. The number of nitrogens with one attached hydrogen (secondary N) is 2. The minimum Gasteiger partial charge on any atom is -0.360 e. The molecule has 5 rings (SSSR count). The number of hydrogen-bond donors (Lipinski definition) is 2. The fourth-order valence-electron chi connectivity index (χ4n) is 3.48. The zero-order chi connectivity index (χ0) is 20.8. The highest BCUT2D eigenvalue weighted by atomic mass is 35.5. The number of H-pyrrole nitrogens is 1. The highest BCUT2D eigenvalue weighted by Gasteiger charge is 2.19. The standard InChI is InChI=1S/C20H15ClFN7O/c1-11(27-19-16-18(24-9-23-16)25-10-26-19)15-8-28-7-6-14(21)17(28)20(30)29(15)13-4-2-12(22)3-5-13/h2-11H,1H3,(H2,23,24,25,26,27). The van der Waals surface area contributed by atoms with E-state index in [0.29, 0.717) is 38.9 Å². The number of rotatable bonds is 4. The molecule has 0 saturated carbocycles. The summed E-state index contributed by atoms with van der Waals surface area (Å²) in [6.45, 7) is 1.90. The van der Waals surface area contributed by atoms with Gasteiger partial charge in [0.15, 0.2) is 11.5 Å². The Bertz CT molecular complexity index is 1440. The minimum absolute atomic E-state index is 0.308. The van der Waals surface area contributed by atoms with Crippen LogP contribution in [-0.4, -0.2) is 28.9 Å². The van der Waals surface area contributed by atoms with Crippen LogP contribution in [0.3, 0.4) is 0 Å². The van der Waals surface area contributed by atoms with Gasteiger partial charge in [0.2, 0.25) is 0 Å². The van der Waals surface area contributed by atoms with Crippen molar-refractivity contribution in [2.75, 3.05) is 5.32 Å². The molecule has 0 saturated heterocycles. The fourth-order valence-corrected chi connectivity index (χ4v) is 3.72. The number of benzene rings is 1. The molecule has 2 N–H and O–H groups in total. The van der Waals surface area contributed by atoms with Gasteiger partial charge in [0.05, 0.1) is 23.1 Å². The van der Waals surface area contributed by atoms with Crippen LogP contribution < -0.4 is 10.9 Å². The van der Waals surface area contributed by atoms with Crippen molar-refractivity contribution in [1.29, 1.82) is 0 Å². The van der Waals surface area contributed by atoms with Crippen molar-refractivity contribution in [2.45, 2.75) is 13.0 Å². The van der Waals surface area contributed by atoms with E-state index in [4.69, 9.17) is 11.6 Å². The van der Waals surface area contributed by atoms with Gasteiger partial charge in [-0.15, -0.1) is 0 Å². The summed E-state index contributed by atoms with van der Waals surface area (Å²) in [6.07, 6.45) is 6.49. The monoisotopic (exact) mass is 423 g/mol. The van der Waals surface area contributed by atoms with Gasteiger partial charge in [-0.1, -0.05) is 11.6 Å². The summed E-state index contributed by atoms with van der Waals surface area (Å²) >= 11 is 6.24. The first-order valence-electron chi connectivity index (χ1n) is 9.11. The number of anilines is 1. The predicted molar refractivity (Wildman–Crippen MR) is 112 cm³/mol. The molecular formula is C20H15ClFN7O. The van der Waals surface area contributed by atoms with Gasteiger partial charge < -0.3 is 14.7 Å². The van der Waals surface area contributed by atoms with Crippen LogP contribution in [0.4, 0.5) is 10.2 Å². The van der Waals surface area contributed by atoms with Crippen LogP contribution in [0.5, 0.6) is 0 Å². The molecule has 30 heavy (non-hydrogen) atoms. The topological polar surface area (TPSA) is 92.9 Å². The number of hydrogen-bond acceptors (Lipinski definition) is 5. The lowest BCUT2D eigenvalue weighted by Gasteiger charge is -2.21. The van der Waals surface area contributed by atoms with Crippen molar-refractivity contribution in [1.82, 2.24) is 28.9 Å². The van der Waals surface area contributed by atoms with E-state index in [9.17, 15) is 9.18 Å². The maximum atomic E-state index is 13.5. The second-order valence-electron chi connectivity index (χ2n) is 6.78. The Kier molecular flexibility index (Phi) is 4.25. The van der Waals surface area contributed by atoms with Crippen LogP contribution >= 0.6 is 11.6 Å². The van der Waals surface area contributed by atoms with Crippen molar-refractivity contribution in [3.05, 3.63) is 82.3 Å². The molecule has 10 heteroatoms. The molecule has 5 aromatic rings. The highest BCUT2D eigenvalue weighted by Crippen LogP contribution is 2.25. The average Bonchev–Trinajstić information content (AvgIpc) is 3.36. The van der Waals surface area contributed by atoms with Gasteiger partial charge in [-0.25, -0.2) is 19.3 Å². The second kappa shape index (κ2) is 6.96. The number of fused-ring (bicyclic) bond motifs is 2. The van der Waals surface area contributed by atoms with Gasteiger partial charge in [-0.3, -0.25) is 9.36 Å². The van der Waals surface area contributed by atoms with Crippen LogP contribution in [0.1, 0.15) is 18.7 Å². The zero-order valence-corrected chi connectivity index (χ0v) is 16.4. The van der Waals surface area contributed by atoms with Crippen molar-refractivity contribution < 1.29 is 4.39 Å². The molecule has 8 nitrogen and oxygen atoms in total. The van der Waals surface area contributed by atoms with Crippen molar-refractivity contribution in [3.8, 4) is 5.69 Å². The average molecular weight is 424 g/mol. The Morgan fingerprint density at radius 1 is 1.17 bits per heavy atom. The lowest BCUT2D eigenvalue weighted by atomic mass is 10.2.